The standard InChI is InChI=1S/C11H13F3N2/c1-8-9(12)2-3-10(15-8)16-6-4-11(13,14)5-7-16/h2-3H,4-7H2,1H3. The lowest BCUT2D eigenvalue weighted by Gasteiger charge is -2.32. The first-order valence-electron chi connectivity index (χ1n) is 5.24. The van der Waals surface area contributed by atoms with E-state index in [0.717, 1.165) is 0 Å². The molecule has 0 atom stereocenters. The summed E-state index contributed by atoms with van der Waals surface area (Å²) >= 11 is 0. The van der Waals surface area contributed by atoms with Gasteiger partial charge in [0.15, 0.2) is 0 Å². The molecule has 0 spiro atoms. The van der Waals surface area contributed by atoms with Crippen molar-refractivity contribution in [2.24, 2.45) is 0 Å². The smallest absolute Gasteiger partial charge is 0.251 e. The van der Waals surface area contributed by atoms with E-state index >= 15 is 0 Å². The lowest BCUT2D eigenvalue weighted by Crippen LogP contribution is -2.39. The minimum absolute atomic E-state index is 0.162. The normalized spacial score (nSPS) is 19.9. The summed E-state index contributed by atoms with van der Waals surface area (Å²) in [5, 5.41) is 0. The first-order valence-corrected chi connectivity index (χ1v) is 5.24. The third kappa shape index (κ3) is 2.28. The van der Waals surface area contributed by atoms with E-state index in [1.54, 1.807) is 11.8 Å². The van der Waals surface area contributed by atoms with Crippen LogP contribution in [0.2, 0.25) is 0 Å². The fraction of sp³-hybridized carbons (Fsp3) is 0.545. The Labute approximate surface area is 92.1 Å². The Bertz CT molecular complexity index is 383. The van der Waals surface area contributed by atoms with Crippen molar-refractivity contribution in [3.8, 4) is 0 Å². The Kier molecular flexibility index (Phi) is 2.78. The third-order valence-electron chi connectivity index (χ3n) is 2.83. The molecule has 1 aromatic heterocycles. The third-order valence-corrected chi connectivity index (χ3v) is 2.83. The van der Waals surface area contributed by atoms with Crippen molar-refractivity contribution >= 4 is 5.82 Å². The van der Waals surface area contributed by atoms with Gasteiger partial charge in [-0.15, -0.1) is 0 Å². The number of aryl methyl sites for hydroxylation is 1. The zero-order valence-corrected chi connectivity index (χ0v) is 9.01. The highest BCUT2D eigenvalue weighted by molar-refractivity contribution is 5.40. The Morgan fingerprint density at radius 3 is 2.44 bits per heavy atom. The first kappa shape index (κ1) is 11.2. The number of anilines is 1. The van der Waals surface area contributed by atoms with Crippen LogP contribution in [0.25, 0.3) is 0 Å². The topological polar surface area (TPSA) is 16.1 Å². The van der Waals surface area contributed by atoms with Gasteiger partial charge in [0.2, 0.25) is 0 Å². The van der Waals surface area contributed by atoms with E-state index in [9.17, 15) is 13.2 Å². The summed E-state index contributed by atoms with van der Waals surface area (Å²) in [4.78, 5) is 5.82. The van der Waals surface area contributed by atoms with Crippen LogP contribution in [0.1, 0.15) is 18.5 Å². The van der Waals surface area contributed by atoms with E-state index in [1.165, 1.54) is 12.1 Å². The molecule has 1 aromatic rings. The van der Waals surface area contributed by atoms with Crippen molar-refractivity contribution in [2.75, 3.05) is 18.0 Å². The van der Waals surface area contributed by atoms with E-state index in [-0.39, 0.29) is 31.7 Å². The van der Waals surface area contributed by atoms with E-state index in [4.69, 9.17) is 0 Å². The maximum Gasteiger partial charge on any atom is 0.251 e. The number of halogens is 3. The second-order valence-electron chi connectivity index (χ2n) is 4.08. The molecule has 1 aliphatic rings. The predicted octanol–water partition coefficient (Wildman–Crippen LogP) is 2.76. The number of nitrogens with zero attached hydrogens (tertiary/aromatic N) is 2. The van der Waals surface area contributed by atoms with Gasteiger partial charge in [-0.25, -0.2) is 18.2 Å². The van der Waals surface area contributed by atoms with E-state index in [1.807, 2.05) is 0 Å². The molecule has 0 saturated carbocycles. The van der Waals surface area contributed by atoms with Crippen LogP contribution in [0.5, 0.6) is 0 Å². The van der Waals surface area contributed by atoms with Gasteiger partial charge in [0, 0.05) is 25.9 Å². The largest absolute Gasteiger partial charge is 0.356 e. The number of piperidine rings is 1. The van der Waals surface area contributed by atoms with Crippen molar-refractivity contribution in [3.63, 3.8) is 0 Å². The molecule has 1 fully saturated rings. The molecular formula is C11H13F3N2. The van der Waals surface area contributed by atoms with Crippen molar-refractivity contribution in [2.45, 2.75) is 25.7 Å². The van der Waals surface area contributed by atoms with Gasteiger partial charge in [-0.2, -0.15) is 0 Å². The Hall–Kier alpha value is -1.26. The van der Waals surface area contributed by atoms with E-state index in [2.05, 4.69) is 4.98 Å². The molecule has 16 heavy (non-hydrogen) atoms. The maximum absolute atomic E-state index is 13.0. The van der Waals surface area contributed by atoms with Gasteiger partial charge >= 0.3 is 0 Å². The molecule has 88 valence electrons. The van der Waals surface area contributed by atoms with Crippen LogP contribution in [-0.2, 0) is 0 Å². The molecule has 0 aromatic carbocycles. The quantitative estimate of drug-likeness (QED) is 0.737. The second kappa shape index (κ2) is 3.96. The van der Waals surface area contributed by atoms with Crippen molar-refractivity contribution in [3.05, 3.63) is 23.6 Å². The van der Waals surface area contributed by atoms with Crippen molar-refractivity contribution in [1.29, 1.82) is 0 Å². The number of hydrogen-bond acceptors (Lipinski definition) is 2. The number of aromatic nitrogens is 1. The van der Waals surface area contributed by atoms with Crippen LogP contribution in [0.3, 0.4) is 0 Å². The van der Waals surface area contributed by atoms with Crippen LogP contribution in [0, 0.1) is 12.7 Å². The van der Waals surface area contributed by atoms with Gasteiger partial charge in [0.05, 0.1) is 5.69 Å². The lowest BCUT2D eigenvalue weighted by molar-refractivity contribution is -0.0221. The molecule has 2 heterocycles. The van der Waals surface area contributed by atoms with Crippen molar-refractivity contribution in [1.82, 2.24) is 4.98 Å². The fourth-order valence-electron chi connectivity index (χ4n) is 1.77. The molecule has 0 unspecified atom stereocenters. The summed E-state index contributed by atoms with van der Waals surface area (Å²) in [7, 11) is 0. The average molecular weight is 230 g/mol. The summed E-state index contributed by atoms with van der Waals surface area (Å²) in [6.07, 6.45) is -0.323. The summed E-state index contributed by atoms with van der Waals surface area (Å²) in [6.45, 7) is 2.10. The monoisotopic (exact) mass is 230 g/mol. The molecule has 1 aliphatic heterocycles. The van der Waals surface area contributed by atoms with Crippen LogP contribution >= 0.6 is 0 Å². The lowest BCUT2D eigenvalue weighted by atomic mass is 10.1. The molecule has 1 saturated heterocycles. The predicted molar refractivity (Wildman–Crippen MR) is 55.3 cm³/mol. The zero-order chi connectivity index (χ0) is 11.8. The van der Waals surface area contributed by atoms with Gasteiger partial charge < -0.3 is 4.90 Å². The number of alkyl halides is 2. The maximum atomic E-state index is 13.0. The molecule has 2 nitrogen and oxygen atoms in total. The highest BCUT2D eigenvalue weighted by Crippen LogP contribution is 2.29. The highest BCUT2D eigenvalue weighted by atomic mass is 19.3. The molecule has 2 rings (SSSR count). The second-order valence-corrected chi connectivity index (χ2v) is 4.08. The van der Waals surface area contributed by atoms with Gasteiger partial charge in [0.1, 0.15) is 11.6 Å². The molecule has 5 heteroatoms. The SMILES string of the molecule is Cc1nc(N2CCC(F)(F)CC2)ccc1F. The summed E-state index contributed by atoms with van der Waals surface area (Å²) in [6, 6.07) is 2.86. The fourth-order valence-corrected chi connectivity index (χ4v) is 1.77. The van der Waals surface area contributed by atoms with Crippen LogP contribution < -0.4 is 4.90 Å². The summed E-state index contributed by atoms with van der Waals surface area (Å²) in [5.41, 5.74) is 0.301. The van der Waals surface area contributed by atoms with Gasteiger partial charge in [0.25, 0.3) is 5.92 Å². The average Bonchev–Trinajstić information content (AvgIpc) is 2.22. The molecule has 0 radical (unpaired) electrons. The highest BCUT2D eigenvalue weighted by Gasteiger charge is 2.34. The molecule has 0 N–H and O–H groups in total. The van der Waals surface area contributed by atoms with Gasteiger partial charge in [-0.05, 0) is 19.1 Å². The van der Waals surface area contributed by atoms with Gasteiger partial charge in [-0.3, -0.25) is 0 Å². The van der Waals surface area contributed by atoms with Crippen molar-refractivity contribution < 1.29 is 13.2 Å². The minimum atomic E-state index is -2.56. The van der Waals surface area contributed by atoms with E-state index < -0.39 is 5.92 Å². The Morgan fingerprint density at radius 1 is 1.25 bits per heavy atom. The van der Waals surface area contributed by atoms with Crippen LogP contribution in [-0.4, -0.2) is 24.0 Å². The van der Waals surface area contributed by atoms with Crippen LogP contribution in [0.4, 0.5) is 19.0 Å². The zero-order valence-electron chi connectivity index (χ0n) is 9.01. The summed E-state index contributed by atoms with van der Waals surface area (Å²) < 4.78 is 38.8. The minimum Gasteiger partial charge on any atom is -0.356 e. The molecule has 0 bridgehead atoms. The molecule has 0 aliphatic carbocycles. The Morgan fingerprint density at radius 2 is 1.88 bits per heavy atom. The Balaban J connectivity index is 2.11. The molecule has 0 amide bonds. The number of hydrogen-bond donors (Lipinski definition) is 0. The number of rotatable bonds is 1. The van der Waals surface area contributed by atoms with Crippen LogP contribution in [0.15, 0.2) is 12.1 Å². The summed E-state index contributed by atoms with van der Waals surface area (Å²) in [5.74, 6) is -2.36. The van der Waals surface area contributed by atoms with E-state index in [0.29, 0.717) is 11.5 Å². The first-order chi connectivity index (χ1) is 7.48. The molecular weight excluding hydrogens is 217 g/mol. The number of pyridine rings is 1. The van der Waals surface area contributed by atoms with Gasteiger partial charge in [-0.1, -0.05) is 0 Å².